The van der Waals surface area contributed by atoms with Crippen LogP contribution in [0.4, 0.5) is 0 Å². The fourth-order valence-electron chi connectivity index (χ4n) is 3.46. The van der Waals surface area contributed by atoms with Crippen molar-refractivity contribution in [3.05, 3.63) is 90.0 Å². The van der Waals surface area contributed by atoms with Gasteiger partial charge in [0.25, 0.3) is 0 Å². The van der Waals surface area contributed by atoms with Crippen LogP contribution in [-0.2, 0) is 21.2 Å². The lowest BCUT2D eigenvalue weighted by Gasteiger charge is -2.22. The molecular formula is C26H30N2O5S. The van der Waals surface area contributed by atoms with Gasteiger partial charge in [0.1, 0.15) is 17.5 Å². The first-order chi connectivity index (χ1) is 16.3. The molecule has 0 bridgehead atoms. The van der Waals surface area contributed by atoms with Gasteiger partial charge in [0, 0.05) is 0 Å². The minimum absolute atomic E-state index is 0.0602. The maximum absolute atomic E-state index is 13.2. The molecule has 0 aliphatic carbocycles. The Morgan fingerprint density at radius 3 is 2.12 bits per heavy atom. The van der Waals surface area contributed by atoms with Crippen molar-refractivity contribution in [3.63, 3.8) is 0 Å². The average Bonchev–Trinajstić information content (AvgIpc) is 2.84. The Hall–Kier alpha value is -3.36. The van der Waals surface area contributed by atoms with Crippen LogP contribution in [0.1, 0.15) is 31.0 Å². The summed E-state index contributed by atoms with van der Waals surface area (Å²) in [6, 6.07) is 21.4. The first-order valence-electron chi connectivity index (χ1n) is 11.1. The maximum Gasteiger partial charge on any atom is 0.241 e. The van der Waals surface area contributed by atoms with Crippen molar-refractivity contribution >= 4 is 15.9 Å². The van der Waals surface area contributed by atoms with Gasteiger partial charge in [-0.2, -0.15) is 4.72 Å². The highest BCUT2D eigenvalue weighted by atomic mass is 32.2. The second kappa shape index (κ2) is 11.7. The molecule has 3 rings (SSSR count). The number of methoxy groups -OCH3 is 1. The minimum atomic E-state index is -3.95. The number of carbonyl (C=O) groups is 1. The van der Waals surface area contributed by atoms with Crippen molar-refractivity contribution < 1.29 is 22.7 Å². The molecule has 2 atom stereocenters. The Labute approximate surface area is 201 Å². The zero-order chi connectivity index (χ0) is 24.6. The number of carbonyl (C=O) groups excluding carboxylic acids is 1. The van der Waals surface area contributed by atoms with Gasteiger partial charge in [0.15, 0.2) is 0 Å². The van der Waals surface area contributed by atoms with E-state index in [0.717, 1.165) is 11.1 Å². The molecule has 0 saturated heterocycles. The van der Waals surface area contributed by atoms with Crippen LogP contribution in [0, 0.1) is 0 Å². The third-order valence-electron chi connectivity index (χ3n) is 5.32. The molecule has 2 N–H and O–H groups in total. The average molecular weight is 483 g/mol. The number of benzene rings is 3. The predicted molar refractivity (Wildman–Crippen MR) is 131 cm³/mol. The van der Waals surface area contributed by atoms with Gasteiger partial charge in [0.05, 0.1) is 24.7 Å². The van der Waals surface area contributed by atoms with Crippen molar-refractivity contribution in [2.24, 2.45) is 0 Å². The molecule has 3 aromatic rings. The summed E-state index contributed by atoms with van der Waals surface area (Å²) >= 11 is 0. The van der Waals surface area contributed by atoms with E-state index >= 15 is 0 Å². The first kappa shape index (κ1) is 25.3. The van der Waals surface area contributed by atoms with Crippen LogP contribution >= 0.6 is 0 Å². The van der Waals surface area contributed by atoms with Crippen LogP contribution in [0.5, 0.6) is 11.5 Å². The molecule has 180 valence electrons. The third kappa shape index (κ3) is 6.82. The number of nitrogens with one attached hydrogen (secondary N) is 2. The molecule has 0 radical (unpaired) electrons. The maximum atomic E-state index is 13.2. The van der Waals surface area contributed by atoms with Gasteiger partial charge >= 0.3 is 0 Å². The Morgan fingerprint density at radius 1 is 0.912 bits per heavy atom. The lowest BCUT2D eigenvalue weighted by atomic mass is 10.0. The normalized spacial score (nSPS) is 13.0. The molecular weight excluding hydrogens is 452 g/mol. The van der Waals surface area contributed by atoms with Crippen molar-refractivity contribution in [1.29, 1.82) is 0 Å². The van der Waals surface area contributed by atoms with Gasteiger partial charge in [-0.1, -0.05) is 42.5 Å². The van der Waals surface area contributed by atoms with Crippen LogP contribution in [-0.4, -0.2) is 34.1 Å². The molecule has 0 aliphatic heterocycles. The van der Waals surface area contributed by atoms with E-state index in [1.807, 2.05) is 68.4 Å². The Bertz CT molecular complexity index is 1160. The molecule has 0 aromatic heterocycles. The highest BCUT2D eigenvalue weighted by Gasteiger charge is 2.27. The first-order valence-corrected chi connectivity index (χ1v) is 12.5. The quantitative estimate of drug-likeness (QED) is 0.433. The monoisotopic (exact) mass is 482 g/mol. The summed E-state index contributed by atoms with van der Waals surface area (Å²) in [5, 5.41) is 2.93. The molecule has 0 unspecified atom stereocenters. The third-order valence-corrected chi connectivity index (χ3v) is 6.80. The highest BCUT2D eigenvalue weighted by Crippen LogP contribution is 2.19. The SMILES string of the molecule is CCOc1ccc(S(=O)(=O)N[C@@H](Cc2ccccc2)C(=O)N[C@H](C)c2ccc(OC)cc2)cc1. The summed E-state index contributed by atoms with van der Waals surface area (Å²) in [7, 11) is -2.36. The molecule has 0 fully saturated rings. The van der Waals surface area contributed by atoms with Gasteiger partial charge in [-0.15, -0.1) is 0 Å². The Morgan fingerprint density at radius 2 is 1.53 bits per heavy atom. The van der Waals surface area contributed by atoms with Crippen LogP contribution < -0.4 is 19.5 Å². The largest absolute Gasteiger partial charge is 0.497 e. The molecule has 0 saturated carbocycles. The Balaban J connectivity index is 1.80. The molecule has 1 amide bonds. The highest BCUT2D eigenvalue weighted by molar-refractivity contribution is 7.89. The number of hydrogen-bond donors (Lipinski definition) is 2. The molecule has 0 heterocycles. The molecule has 3 aromatic carbocycles. The number of ether oxygens (including phenoxy) is 2. The molecule has 0 spiro atoms. The summed E-state index contributed by atoms with van der Waals surface area (Å²) < 4.78 is 39.3. The van der Waals surface area contributed by atoms with Crippen LogP contribution in [0.15, 0.2) is 83.8 Å². The topological polar surface area (TPSA) is 93.7 Å². The van der Waals surface area contributed by atoms with Crippen molar-refractivity contribution in [2.75, 3.05) is 13.7 Å². The fourth-order valence-corrected chi connectivity index (χ4v) is 4.66. The minimum Gasteiger partial charge on any atom is -0.497 e. The molecule has 0 aliphatic rings. The van der Waals surface area contributed by atoms with Crippen molar-refractivity contribution in [2.45, 2.75) is 37.2 Å². The molecule has 34 heavy (non-hydrogen) atoms. The van der Waals surface area contributed by atoms with Crippen molar-refractivity contribution in [3.8, 4) is 11.5 Å². The summed E-state index contributed by atoms with van der Waals surface area (Å²) in [4.78, 5) is 13.3. The van der Waals surface area contributed by atoms with E-state index in [-0.39, 0.29) is 17.4 Å². The van der Waals surface area contributed by atoms with E-state index in [9.17, 15) is 13.2 Å². The predicted octanol–water partition coefficient (Wildman–Crippen LogP) is 3.86. The number of hydrogen-bond acceptors (Lipinski definition) is 5. The van der Waals surface area contributed by atoms with Crippen molar-refractivity contribution in [1.82, 2.24) is 10.0 Å². The lowest BCUT2D eigenvalue weighted by Crippen LogP contribution is -2.48. The summed E-state index contributed by atoms with van der Waals surface area (Å²) in [5.41, 5.74) is 1.72. The van der Waals surface area contributed by atoms with Gasteiger partial charge in [-0.25, -0.2) is 8.42 Å². The number of amides is 1. The van der Waals surface area contributed by atoms with Crippen LogP contribution in [0.3, 0.4) is 0 Å². The van der Waals surface area contributed by atoms with Gasteiger partial charge in [0.2, 0.25) is 15.9 Å². The van der Waals surface area contributed by atoms with Crippen LogP contribution in [0.2, 0.25) is 0 Å². The van der Waals surface area contributed by atoms with Gasteiger partial charge in [-0.3, -0.25) is 4.79 Å². The Kier molecular flexibility index (Phi) is 8.67. The molecule has 8 heteroatoms. The lowest BCUT2D eigenvalue weighted by molar-refractivity contribution is -0.123. The van der Waals surface area contributed by atoms with Gasteiger partial charge in [-0.05, 0) is 67.8 Å². The number of sulfonamides is 1. The standard InChI is InChI=1S/C26H30N2O5S/c1-4-33-23-14-16-24(17-15-23)34(30,31)28-25(18-20-8-6-5-7-9-20)26(29)27-19(2)21-10-12-22(32-3)13-11-21/h5-17,19,25,28H,4,18H2,1-3H3,(H,27,29)/t19-,25+/m1/s1. The molecule has 7 nitrogen and oxygen atoms in total. The second-order valence-electron chi connectivity index (χ2n) is 7.77. The van der Waals surface area contributed by atoms with E-state index < -0.39 is 22.0 Å². The van der Waals surface area contributed by atoms with Crippen LogP contribution in [0.25, 0.3) is 0 Å². The second-order valence-corrected chi connectivity index (χ2v) is 9.49. The zero-order valence-corrected chi connectivity index (χ0v) is 20.3. The smallest absolute Gasteiger partial charge is 0.241 e. The zero-order valence-electron chi connectivity index (χ0n) is 19.5. The van der Waals surface area contributed by atoms with E-state index in [2.05, 4.69) is 10.0 Å². The summed E-state index contributed by atoms with van der Waals surface area (Å²) in [5.74, 6) is 0.877. The van der Waals surface area contributed by atoms with E-state index in [1.54, 1.807) is 19.2 Å². The fraction of sp³-hybridized carbons (Fsp3) is 0.269. The summed E-state index contributed by atoms with van der Waals surface area (Å²) in [6.07, 6.45) is 0.207. The van der Waals surface area contributed by atoms with E-state index in [4.69, 9.17) is 9.47 Å². The summed E-state index contributed by atoms with van der Waals surface area (Å²) in [6.45, 7) is 4.18. The van der Waals surface area contributed by atoms with E-state index in [0.29, 0.717) is 18.1 Å². The number of rotatable bonds is 11. The van der Waals surface area contributed by atoms with Gasteiger partial charge < -0.3 is 14.8 Å². The van der Waals surface area contributed by atoms with E-state index in [1.165, 1.54) is 12.1 Å².